The van der Waals surface area contributed by atoms with Crippen LogP contribution in [0.4, 0.5) is 0 Å². The molecule has 80 valence electrons. The van der Waals surface area contributed by atoms with Crippen molar-refractivity contribution < 1.29 is 0 Å². The van der Waals surface area contributed by atoms with Gasteiger partial charge in [-0.05, 0) is 22.4 Å². The van der Waals surface area contributed by atoms with E-state index in [2.05, 4.69) is 47.8 Å². The third kappa shape index (κ3) is 2.59. The molecule has 1 N–H and O–H groups in total. The highest BCUT2D eigenvalue weighted by molar-refractivity contribution is 5.82. The summed E-state index contributed by atoms with van der Waals surface area (Å²) in [7, 11) is 0. The van der Waals surface area contributed by atoms with Crippen molar-refractivity contribution in [2.75, 3.05) is 6.54 Å². The van der Waals surface area contributed by atoms with Crippen LogP contribution in [0, 0.1) is 11.3 Å². The van der Waals surface area contributed by atoms with Gasteiger partial charge in [0.15, 0.2) is 0 Å². The van der Waals surface area contributed by atoms with Gasteiger partial charge in [-0.1, -0.05) is 36.4 Å². The molecule has 0 fully saturated rings. The molecular weight excluding hydrogens is 196 g/mol. The molecule has 16 heavy (non-hydrogen) atoms. The van der Waals surface area contributed by atoms with Crippen LogP contribution in [0.1, 0.15) is 12.0 Å². The summed E-state index contributed by atoms with van der Waals surface area (Å²) < 4.78 is 0. The zero-order chi connectivity index (χ0) is 11.2. The number of rotatable bonds is 4. The SMILES string of the molecule is N#CCCNCc1ccc2ccccc2c1. The van der Waals surface area contributed by atoms with Gasteiger partial charge in [-0.2, -0.15) is 5.26 Å². The van der Waals surface area contributed by atoms with Crippen LogP contribution in [-0.4, -0.2) is 6.54 Å². The molecule has 0 aromatic heterocycles. The molecule has 0 aliphatic heterocycles. The highest BCUT2D eigenvalue weighted by Crippen LogP contribution is 2.15. The third-order valence-electron chi connectivity index (χ3n) is 2.56. The predicted octanol–water partition coefficient (Wildman–Crippen LogP) is 2.84. The average Bonchev–Trinajstić information content (AvgIpc) is 2.34. The minimum atomic E-state index is 0.563. The summed E-state index contributed by atoms with van der Waals surface area (Å²) >= 11 is 0. The summed E-state index contributed by atoms with van der Waals surface area (Å²) in [6.07, 6.45) is 0.563. The molecule has 2 aromatic carbocycles. The summed E-state index contributed by atoms with van der Waals surface area (Å²) in [6, 6.07) is 16.9. The summed E-state index contributed by atoms with van der Waals surface area (Å²) in [4.78, 5) is 0. The maximum atomic E-state index is 8.41. The second-order valence-corrected chi connectivity index (χ2v) is 3.77. The fourth-order valence-corrected chi connectivity index (χ4v) is 1.73. The number of benzene rings is 2. The molecule has 0 saturated carbocycles. The molecule has 0 atom stereocenters. The number of hydrogen-bond donors (Lipinski definition) is 1. The largest absolute Gasteiger partial charge is 0.312 e. The topological polar surface area (TPSA) is 35.8 Å². The van der Waals surface area contributed by atoms with E-state index < -0.39 is 0 Å². The van der Waals surface area contributed by atoms with Crippen molar-refractivity contribution in [3.63, 3.8) is 0 Å². The highest BCUT2D eigenvalue weighted by atomic mass is 14.8. The Bertz CT molecular complexity index is 511. The predicted molar refractivity (Wildman–Crippen MR) is 65.9 cm³/mol. The van der Waals surface area contributed by atoms with Gasteiger partial charge in [0.2, 0.25) is 0 Å². The van der Waals surface area contributed by atoms with Crippen LogP contribution < -0.4 is 5.32 Å². The first-order valence-corrected chi connectivity index (χ1v) is 5.45. The van der Waals surface area contributed by atoms with Crippen LogP contribution in [0.25, 0.3) is 10.8 Å². The highest BCUT2D eigenvalue weighted by Gasteiger charge is 1.95. The lowest BCUT2D eigenvalue weighted by atomic mass is 10.1. The van der Waals surface area contributed by atoms with E-state index in [1.807, 2.05) is 6.07 Å². The van der Waals surface area contributed by atoms with E-state index in [9.17, 15) is 0 Å². The summed E-state index contributed by atoms with van der Waals surface area (Å²) in [5.74, 6) is 0. The molecule has 0 bridgehead atoms. The summed E-state index contributed by atoms with van der Waals surface area (Å²) in [6.45, 7) is 1.58. The minimum Gasteiger partial charge on any atom is -0.312 e. The normalized spacial score (nSPS) is 10.2. The Balaban J connectivity index is 2.05. The van der Waals surface area contributed by atoms with E-state index in [0.29, 0.717) is 6.42 Å². The number of nitriles is 1. The van der Waals surface area contributed by atoms with Crippen molar-refractivity contribution in [2.24, 2.45) is 0 Å². The molecule has 0 heterocycles. The summed E-state index contributed by atoms with van der Waals surface area (Å²) in [5, 5.41) is 14.2. The Morgan fingerprint density at radius 1 is 1.06 bits per heavy atom. The maximum absolute atomic E-state index is 8.41. The van der Waals surface area contributed by atoms with Crippen LogP contribution in [-0.2, 0) is 6.54 Å². The van der Waals surface area contributed by atoms with Crippen LogP contribution >= 0.6 is 0 Å². The molecule has 2 heteroatoms. The number of nitrogens with zero attached hydrogens (tertiary/aromatic N) is 1. The quantitative estimate of drug-likeness (QED) is 0.788. The van der Waals surface area contributed by atoms with Crippen LogP contribution in [0.15, 0.2) is 42.5 Å². The third-order valence-corrected chi connectivity index (χ3v) is 2.56. The molecule has 2 nitrogen and oxygen atoms in total. The van der Waals surface area contributed by atoms with Gasteiger partial charge < -0.3 is 5.32 Å². The Kier molecular flexibility index (Phi) is 3.53. The Morgan fingerprint density at radius 2 is 1.88 bits per heavy atom. The van der Waals surface area contributed by atoms with Crippen molar-refractivity contribution >= 4 is 10.8 Å². The monoisotopic (exact) mass is 210 g/mol. The van der Waals surface area contributed by atoms with Crippen LogP contribution in [0.5, 0.6) is 0 Å². The molecule has 2 aromatic rings. The first kappa shape index (κ1) is 10.7. The number of hydrogen-bond acceptors (Lipinski definition) is 2. The molecule has 0 unspecified atom stereocenters. The lowest BCUT2D eigenvalue weighted by Gasteiger charge is -2.04. The fourth-order valence-electron chi connectivity index (χ4n) is 1.73. The Labute approximate surface area is 95.5 Å². The lowest BCUT2D eigenvalue weighted by Crippen LogP contribution is -2.13. The second-order valence-electron chi connectivity index (χ2n) is 3.77. The van der Waals surface area contributed by atoms with Gasteiger partial charge in [-0.15, -0.1) is 0 Å². The molecular formula is C14H14N2. The van der Waals surface area contributed by atoms with Gasteiger partial charge in [0.05, 0.1) is 6.07 Å². The van der Waals surface area contributed by atoms with Gasteiger partial charge in [0.25, 0.3) is 0 Å². The maximum Gasteiger partial charge on any atom is 0.0635 e. The molecule has 0 radical (unpaired) electrons. The van der Waals surface area contributed by atoms with Gasteiger partial charge in [-0.25, -0.2) is 0 Å². The Morgan fingerprint density at radius 3 is 2.69 bits per heavy atom. The Hall–Kier alpha value is -1.85. The van der Waals surface area contributed by atoms with E-state index in [1.165, 1.54) is 16.3 Å². The van der Waals surface area contributed by atoms with Gasteiger partial charge in [-0.3, -0.25) is 0 Å². The van der Waals surface area contributed by atoms with Gasteiger partial charge >= 0.3 is 0 Å². The molecule has 2 rings (SSSR count). The zero-order valence-electron chi connectivity index (χ0n) is 9.11. The van der Waals surface area contributed by atoms with Crippen molar-refractivity contribution in [1.82, 2.24) is 5.32 Å². The van der Waals surface area contributed by atoms with Gasteiger partial charge in [0.1, 0.15) is 0 Å². The van der Waals surface area contributed by atoms with E-state index in [0.717, 1.165) is 13.1 Å². The minimum absolute atomic E-state index is 0.563. The van der Waals surface area contributed by atoms with Crippen molar-refractivity contribution in [1.29, 1.82) is 5.26 Å². The molecule has 0 aliphatic carbocycles. The van der Waals surface area contributed by atoms with Crippen molar-refractivity contribution in [3.05, 3.63) is 48.0 Å². The molecule has 0 spiro atoms. The summed E-state index contributed by atoms with van der Waals surface area (Å²) in [5.41, 5.74) is 1.26. The first-order valence-electron chi connectivity index (χ1n) is 5.45. The number of nitrogens with one attached hydrogen (secondary N) is 1. The lowest BCUT2D eigenvalue weighted by molar-refractivity contribution is 0.699. The van der Waals surface area contributed by atoms with Crippen molar-refractivity contribution in [3.8, 4) is 6.07 Å². The van der Waals surface area contributed by atoms with E-state index in [4.69, 9.17) is 5.26 Å². The van der Waals surface area contributed by atoms with E-state index in [-0.39, 0.29) is 0 Å². The van der Waals surface area contributed by atoms with E-state index in [1.54, 1.807) is 0 Å². The van der Waals surface area contributed by atoms with Crippen LogP contribution in [0.3, 0.4) is 0 Å². The van der Waals surface area contributed by atoms with Gasteiger partial charge in [0, 0.05) is 19.5 Å². The van der Waals surface area contributed by atoms with Crippen LogP contribution in [0.2, 0.25) is 0 Å². The zero-order valence-corrected chi connectivity index (χ0v) is 9.11. The van der Waals surface area contributed by atoms with Crippen molar-refractivity contribution in [2.45, 2.75) is 13.0 Å². The standard InChI is InChI=1S/C14H14N2/c15-8-3-9-16-11-12-6-7-13-4-1-2-5-14(13)10-12/h1-2,4-7,10,16H,3,9,11H2. The fraction of sp³-hybridized carbons (Fsp3) is 0.214. The molecule has 0 saturated heterocycles. The molecule has 0 amide bonds. The number of fused-ring (bicyclic) bond motifs is 1. The molecule has 0 aliphatic rings. The average molecular weight is 210 g/mol. The first-order chi connectivity index (χ1) is 7.90. The van der Waals surface area contributed by atoms with E-state index >= 15 is 0 Å². The second kappa shape index (κ2) is 5.29. The smallest absolute Gasteiger partial charge is 0.0635 e.